The van der Waals surface area contributed by atoms with E-state index in [4.69, 9.17) is 33.2 Å². The number of amides is 1. The number of halogens is 2. The molecule has 1 heterocycles. The van der Waals surface area contributed by atoms with Gasteiger partial charge in [-0.25, -0.2) is 0 Å². The van der Waals surface area contributed by atoms with Crippen molar-refractivity contribution >= 4 is 35.2 Å². The topological polar surface area (TPSA) is 62.1 Å². The zero-order chi connectivity index (χ0) is 15.2. The molecule has 0 saturated carbocycles. The fourth-order valence-corrected chi connectivity index (χ4v) is 2.56. The molecule has 0 unspecified atom stereocenters. The highest BCUT2D eigenvalue weighted by Gasteiger charge is 2.18. The minimum Gasteiger partial charge on any atom is -0.376 e. The lowest BCUT2D eigenvalue weighted by Crippen LogP contribution is -2.32. The summed E-state index contributed by atoms with van der Waals surface area (Å²) in [6, 6.07) is 6.87. The average molecular weight is 325 g/mol. The van der Waals surface area contributed by atoms with Crippen LogP contribution >= 0.6 is 23.2 Å². The molecule has 1 fully saturated rings. The van der Waals surface area contributed by atoms with Gasteiger partial charge in [-0.3, -0.25) is 4.79 Å². The van der Waals surface area contributed by atoms with Crippen molar-refractivity contribution in [3.05, 3.63) is 39.4 Å². The molecule has 1 aliphatic rings. The Morgan fingerprint density at radius 3 is 2.76 bits per heavy atom. The molecule has 0 radical (unpaired) electrons. The van der Waals surface area contributed by atoms with E-state index >= 15 is 0 Å². The predicted molar refractivity (Wildman–Crippen MR) is 82.0 cm³/mol. The van der Waals surface area contributed by atoms with Crippen LogP contribution in [0.5, 0.6) is 0 Å². The number of nitrogens with zero attached hydrogens (tertiary/aromatic N) is 1. The van der Waals surface area contributed by atoms with Crippen molar-refractivity contribution in [1.29, 1.82) is 5.26 Å². The number of carbonyl (C=O) groups is 1. The van der Waals surface area contributed by atoms with Gasteiger partial charge in [-0.15, -0.1) is 0 Å². The number of rotatable bonds is 4. The summed E-state index contributed by atoms with van der Waals surface area (Å²) < 4.78 is 5.41. The first-order valence-corrected chi connectivity index (χ1v) is 7.33. The SMILES string of the molecule is N#C/C(=C/c1c(Cl)cccc1Cl)C(=O)NC[C@@H]1CCCO1. The molecular weight excluding hydrogens is 311 g/mol. The summed E-state index contributed by atoms with van der Waals surface area (Å²) in [4.78, 5) is 12.0. The summed E-state index contributed by atoms with van der Waals surface area (Å²) in [7, 11) is 0. The van der Waals surface area contributed by atoms with Crippen molar-refractivity contribution in [1.82, 2.24) is 5.32 Å². The lowest BCUT2D eigenvalue weighted by Gasteiger charge is -2.10. The van der Waals surface area contributed by atoms with Gasteiger partial charge in [-0.05, 0) is 31.1 Å². The quantitative estimate of drug-likeness (QED) is 0.683. The van der Waals surface area contributed by atoms with Crippen LogP contribution in [-0.2, 0) is 9.53 Å². The zero-order valence-corrected chi connectivity index (χ0v) is 12.7. The van der Waals surface area contributed by atoms with Crippen LogP contribution in [0.4, 0.5) is 0 Å². The molecule has 2 rings (SSSR count). The van der Waals surface area contributed by atoms with Gasteiger partial charge < -0.3 is 10.1 Å². The fraction of sp³-hybridized carbons (Fsp3) is 0.333. The molecule has 1 saturated heterocycles. The third kappa shape index (κ3) is 4.21. The van der Waals surface area contributed by atoms with E-state index < -0.39 is 5.91 Å². The van der Waals surface area contributed by atoms with Crippen LogP contribution in [0.2, 0.25) is 10.0 Å². The van der Waals surface area contributed by atoms with Crippen LogP contribution in [0.3, 0.4) is 0 Å². The van der Waals surface area contributed by atoms with Gasteiger partial charge >= 0.3 is 0 Å². The minimum atomic E-state index is -0.455. The molecule has 1 aliphatic heterocycles. The van der Waals surface area contributed by atoms with Crippen molar-refractivity contribution in [3.63, 3.8) is 0 Å². The molecule has 0 spiro atoms. The highest BCUT2D eigenvalue weighted by Crippen LogP contribution is 2.26. The second kappa shape index (κ2) is 7.46. The second-order valence-electron chi connectivity index (χ2n) is 4.65. The maximum Gasteiger partial charge on any atom is 0.262 e. The number of ether oxygens (including phenoxy) is 1. The number of nitrogens with one attached hydrogen (secondary N) is 1. The maximum atomic E-state index is 12.0. The first kappa shape index (κ1) is 15.8. The molecule has 0 bridgehead atoms. The molecule has 110 valence electrons. The third-order valence-corrected chi connectivity index (χ3v) is 3.83. The molecule has 1 aromatic rings. The van der Waals surface area contributed by atoms with Crippen LogP contribution in [-0.4, -0.2) is 25.2 Å². The molecule has 21 heavy (non-hydrogen) atoms. The van der Waals surface area contributed by atoms with Crippen molar-refractivity contribution < 1.29 is 9.53 Å². The van der Waals surface area contributed by atoms with Crippen LogP contribution in [0, 0.1) is 11.3 Å². The molecule has 1 aromatic carbocycles. The molecule has 1 amide bonds. The van der Waals surface area contributed by atoms with Gasteiger partial charge in [0.1, 0.15) is 11.6 Å². The van der Waals surface area contributed by atoms with Gasteiger partial charge in [0, 0.05) is 28.8 Å². The normalized spacial score (nSPS) is 18.3. The molecule has 0 aromatic heterocycles. The van der Waals surface area contributed by atoms with Crippen molar-refractivity contribution in [2.45, 2.75) is 18.9 Å². The molecular formula is C15H14Cl2N2O2. The van der Waals surface area contributed by atoms with Crippen LogP contribution in [0.25, 0.3) is 6.08 Å². The summed E-state index contributed by atoms with van der Waals surface area (Å²) in [6.07, 6.45) is 3.34. The van der Waals surface area contributed by atoms with E-state index in [1.807, 2.05) is 6.07 Å². The van der Waals surface area contributed by atoms with Gasteiger partial charge in [0.2, 0.25) is 0 Å². The Bertz CT molecular complexity index is 582. The standard InChI is InChI=1S/C15H14Cl2N2O2/c16-13-4-1-5-14(17)12(13)7-10(8-18)15(20)19-9-11-3-2-6-21-11/h1,4-5,7,11H,2-3,6,9H2,(H,19,20)/b10-7-/t11-/m0/s1. The van der Waals surface area contributed by atoms with E-state index in [0.29, 0.717) is 22.2 Å². The van der Waals surface area contributed by atoms with Gasteiger partial charge in [0.25, 0.3) is 5.91 Å². The van der Waals surface area contributed by atoms with E-state index in [1.165, 1.54) is 6.08 Å². The van der Waals surface area contributed by atoms with Crippen LogP contribution < -0.4 is 5.32 Å². The van der Waals surface area contributed by atoms with Crippen LogP contribution in [0.1, 0.15) is 18.4 Å². The number of carbonyl (C=O) groups excluding carboxylic acids is 1. The summed E-state index contributed by atoms with van der Waals surface area (Å²) >= 11 is 12.1. The second-order valence-corrected chi connectivity index (χ2v) is 5.46. The van der Waals surface area contributed by atoms with Gasteiger partial charge in [0.05, 0.1) is 6.10 Å². The first-order chi connectivity index (χ1) is 10.1. The maximum absolute atomic E-state index is 12.0. The van der Waals surface area contributed by atoms with E-state index in [2.05, 4.69) is 5.32 Å². The number of nitriles is 1. The first-order valence-electron chi connectivity index (χ1n) is 6.57. The Balaban J connectivity index is 2.09. The Hall–Kier alpha value is -1.54. The van der Waals surface area contributed by atoms with Gasteiger partial charge in [-0.2, -0.15) is 5.26 Å². The summed E-state index contributed by atoms with van der Waals surface area (Å²) in [5.41, 5.74) is 0.424. The zero-order valence-electron chi connectivity index (χ0n) is 11.2. The minimum absolute atomic E-state index is 0.0257. The molecule has 0 aliphatic carbocycles. The Labute approximate surface area is 133 Å². The largest absolute Gasteiger partial charge is 0.376 e. The van der Waals surface area contributed by atoms with Crippen molar-refractivity contribution in [3.8, 4) is 6.07 Å². The highest BCUT2D eigenvalue weighted by atomic mass is 35.5. The van der Waals surface area contributed by atoms with Crippen LogP contribution in [0.15, 0.2) is 23.8 Å². The molecule has 4 nitrogen and oxygen atoms in total. The molecule has 6 heteroatoms. The lowest BCUT2D eigenvalue weighted by atomic mass is 10.1. The van der Waals surface area contributed by atoms with Gasteiger partial charge in [0.15, 0.2) is 0 Å². The summed E-state index contributed by atoms with van der Waals surface area (Å²) in [5.74, 6) is -0.455. The number of hydrogen-bond donors (Lipinski definition) is 1. The summed E-state index contributed by atoms with van der Waals surface area (Å²) in [5, 5.41) is 12.6. The molecule has 1 atom stereocenters. The predicted octanol–water partition coefficient (Wildman–Crippen LogP) is 3.20. The Morgan fingerprint density at radius 1 is 1.48 bits per heavy atom. The Kier molecular flexibility index (Phi) is 5.63. The van der Waals surface area contributed by atoms with Crippen molar-refractivity contribution in [2.75, 3.05) is 13.2 Å². The summed E-state index contributed by atoms with van der Waals surface area (Å²) in [6.45, 7) is 1.12. The highest BCUT2D eigenvalue weighted by molar-refractivity contribution is 6.37. The van der Waals surface area contributed by atoms with Gasteiger partial charge in [-0.1, -0.05) is 29.3 Å². The third-order valence-electron chi connectivity index (χ3n) is 3.17. The lowest BCUT2D eigenvalue weighted by molar-refractivity contribution is -0.117. The van der Waals surface area contributed by atoms with Crippen molar-refractivity contribution in [2.24, 2.45) is 0 Å². The molecule has 1 N–H and O–H groups in total. The Morgan fingerprint density at radius 2 is 2.19 bits per heavy atom. The smallest absolute Gasteiger partial charge is 0.262 e. The monoisotopic (exact) mass is 324 g/mol. The van der Waals surface area contributed by atoms with E-state index in [9.17, 15) is 4.79 Å². The average Bonchev–Trinajstić information content (AvgIpc) is 2.98. The number of hydrogen-bond acceptors (Lipinski definition) is 3. The fourth-order valence-electron chi connectivity index (χ4n) is 2.05. The van der Waals surface area contributed by atoms with E-state index in [1.54, 1.807) is 18.2 Å². The number of benzene rings is 1. The van der Waals surface area contributed by atoms with E-state index in [-0.39, 0.29) is 11.7 Å². The van der Waals surface area contributed by atoms with E-state index in [0.717, 1.165) is 19.4 Å².